The van der Waals surface area contributed by atoms with Crippen LogP contribution in [0.5, 0.6) is 0 Å². The average Bonchev–Trinajstić information content (AvgIpc) is 2.53. The molecule has 2 fully saturated rings. The van der Waals surface area contributed by atoms with Crippen molar-refractivity contribution in [3.63, 3.8) is 0 Å². The maximum absolute atomic E-state index is 12.8. The van der Waals surface area contributed by atoms with Crippen molar-refractivity contribution >= 4 is 16.1 Å². The minimum absolute atomic E-state index is 0.0199. The molecule has 4 nitrogen and oxygen atoms in total. The molecule has 1 amide bonds. The normalized spacial score (nSPS) is 34.5. The number of hydrogen-bond donors (Lipinski definition) is 0. The number of carbonyl (C=O) groups is 1. The van der Waals surface area contributed by atoms with Gasteiger partial charge in [-0.2, -0.15) is 8.42 Å². The maximum Gasteiger partial charge on any atom is 0.302 e. The molecule has 2 rings (SSSR count). The zero-order valence-electron chi connectivity index (χ0n) is 12.4. The Balaban J connectivity index is 2.04. The Kier molecular flexibility index (Phi) is 4.15. The van der Waals surface area contributed by atoms with E-state index in [2.05, 4.69) is 20.8 Å². The molecule has 1 aliphatic carbocycles. The van der Waals surface area contributed by atoms with E-state index in [4.69, 9.17) is 0 Å². The number of hydrogen-bond acceptors (Lipinski definition) is 3. The third-order valence-corrected chi connectivity index (χ3v) is 5.35. The fourth-order valence-electron chi connectivity index (χ4n) is 4.09. The highest BCUT2D eigenvalue weighted by atomic mass is 32.3. The first kappa shape index (κ1) is 15.7. The van der Waals surface area contributed by atoms with Gasteiger partial charge in [0.2, 0.25) is 5.91 Å². The van der Waals surface area contributed by atoms with Gasteiger partial charge in [-0.05, 0) is 30.6 Å². The van der Waals surface area contributed by atoms with Crippen LogP contribution in [0.4, 0.5) is 3.89 Å². The van der Waals surface area contributed by atoms with Gasteiger partial charge < -0.3 is 4.90 Å². The summed E-state index contributed by atoms with van der Waals surface area (Å²) in [6, 6.07) is 0.175. The van der Waals surface area contributed by atoms with Crippen LogP contribution in [-0.2, 0) is 15.0 Å². The number of nitrogens with zero attached hydrogens (tertiary/aromatic N) is 1. The molecule has 0 N–H and O–H groups in total. The van der Waals surface area contributed by atoms with E-state index >= 15 is 0 Å². The molecular weight excluding hydrogens is 281 g/mol. The molecule has 116 valence electrons. The molecule has 0 aromatic carbocycles. The van der Waals surface area contributed by atoms with Crippen molar-refractivity contribution in [3.05, 3.63) is 0 Å². The minimum Gasteiger partial charge on any atom is -0.339 e. The predicted molar refractivity (Wildman–Crippen MR) is 75.3 cm³/mol. The van der Waals surface area contributed by atoms with Crippen LogP contribution in [0.2, 0.25) is 0 Å². The van der Waals surface area contributed by atoms with Crippen molar-refractivity contribution in [2.24, 2.45) is 17.3 Å². The number of amides is 1. The molecule has 0 radical (unpaired) electrons. The van der Waals surface area contributed by atoms with Gasteiger partial charge in [0.05, 0.1) is 5.75 Å². The van der Waals surface area contributed by atoms with E-state index in [0.29, 0.717) is 12.5 Å². The highest BCUT2D eigenvalue weighted by Gasteiger charge is 2.41. The Labute approximate surface area is 120 Å². The van der Waals surface area contributed by atoms with Crippen LogP contribution in [0.1, 0.15) is 46.5 Å². The second-order valence-corrected chi connectivity index (χ2v) is 8.80. The maximum atomic E-state index is 12.8. The van der Waals surface area contributed by atoms with E-state index in [9.17, 15) is 17.1 Å². The van der Waals surface area contributed by atoms with Crippen LogP contribution in [0.25, 0.3) is 0 Å². The summed E-state index contributed by atoms with van der Waals surface area (Å²) in [4.78, 5) is 13.9. The van der Waals surface area contributed by atoms with Gasteiger partial charge in [0.15, 0.2) is 0 Å². The number of halogens is 1. The lowest BCUT2D eigenvalue weighted by atomic mass is 9.70. The summed E-state index contributed by atoms with van der Waals surface area (Å²) in [6.07, 6.45) is 3.21. The smallest absolute Gasteiger partial charge is 0.302 e. The van der Waals surface area contributed by atoms with Crippen molar-refractivity contribution in [2.45, 2.75) is 52.5 Å². The largest absolute Gasteiger partial charge is 0.339 e. The van der Waals surface area contributed by atoms with Crippen molar-refractivity contribution < 1.29 is 17.1 Å². The first-order valence-electron chi connectivity index (χ1n) is 7.27. The zero-order valence-corrected chi connectivity index (χ0v) is 13.2. The molecule has 1 saturated carbocycles. The second-order valence-electron chi connectivity index (χ2n) is 7.39. The van der Waals surface area contributed by atoms with E-state index < -0.39 is 21.9 Å². The molecule has 1 aliphatic heterocycles. The molecule has 0 spiro atoms. The molecule has 1 heterocycles. The van der Waals surface area contributed by atoms with Gasteiger partial charge in [-0.3, -0.25) is 4.79 Å². The third-order valence-electron chi connectivity index (χ3n) is 4.48. The van der Waals surface area contributed by atoms with Crippen LogP contribution >= 0.6 is 0 Å². The van der Waals surface area contributed by atoms with Gasteiger partial charge in [-0.15, -0.1) is 3.89 Å². The van der Waals surface area contributed by atoms with Gasteiger partial charge in [-0.1, -0.05) is 20.8 Å². The van der Waals surface area contributed by atoms with Crippen LogP contribution in [0.3, 0.4) is 0 Å². The summed E-state index contributed by atoms with van der Waals surface area (Å²) in [5, 5.41) is 0. The van der Waals surface area contributed by atoms with Gasteiger partial charge >= 0.3 is 10.2 Å². The SMILES string of the molecule is CC1CC(N2CC(CS(=O)(=O)F)CC2=O)CC(C)(C)C1. The Bertz CT molecular complexity index is 489. The lowest BCUT2D eigenvalue weighted by Gasteiger charge is -2.42. The third kappa shape index (κ3) is 3.93. The van der Waals surface area contributed by atoms with Gasteiger partial charge in [0.1, 0.15) is 0 Å². The number of rotatable bonds is 3. The molecule has 6 heteroatoms. The molecule has 3 unspecified atom stereocenters. The predicted octanol–water partition coefficient (Wildman–Crippen LogP) is 2.35. The molecule has 3 atom stereocenters. The minimum atomic E-state index is -4.50. The molecular formula is C14H24FNO3S. The van der Waals surface area contributed by atoms with Crippen molar-refractivity contribution in [1.82, 2.24) is 4.90 Å². The summed E-state index contributed by atoms with van der Waals surface area (Å²) in [5.74, 6) is -0.382. The summed E-state index contributed by atoms with van der Waals surface area (Å²) in [6.45, 7) is 6.99. The Morgan fingerprint density at radius 1 is 1.35 bits per heavy atom. The molecule has 1 saturated heterocycles. The summed E-state index contributed by atoms with van der Waals surface area (Å²) < 4.78 is 34.2. The van der Waals surface area contributed by atoms with E-state index in [1.54, 1.807) is 4.90 Å². The Hall–Kier alpha value is -0.650. The van der Waals surface area contributed by atoms with Crippen LogP contribution < -0.4 is 0 Å². The van der Waals surface area contributed by atoms with Gasteiger partial charge in [-0.25, -0.2) is 0 Å². The Morgan fingerprint density at radius 3 is 2.55 bits per heavy atom. The summed E-state index contributed by atoms with van der Waals surface area (Å²) in [7, 11) is -4.50. The summed E-state index contributed by atoms with van der Waals surface area (Å²) >= 11 is 0. The molecule has 0 aromatic heterocycles. The molecule has 20 heavy (non-hydrogen) atoms. The number of carbonyl (C=O) groups excluding carboxylic acids is 1. The Morgan fingerprint density at radius 2 is 2.00 bits per heavy atom. The number of likely N-dealkylation sites (tertiary alicyclic amines) is 1. The standard InChI is InChI=1S/C14H24FNO3S/c1-10-4-12(7-14(2,3)6-10)16-8-11(5-13(16)17)9-20(15,18)19/h10-12H,4-9H2,1-3H3. The fraction of sp³-hybridized carbons (Fsp3) is 0.929. The van der Waals surface area contributed by atoms with E-state index in [0.717, 1.165) is 19.3 Å². The van der Waals surface area contributed by atoms with Crippen molar-refractivity contribution in [3.8, 4) is 0 Å². The quantitative estimate of drug-likeness (QED) is 0.752. The lowest BCUT2D eigenvalue weighted by molar-refractivity contribution is -0.131. The fourth-order valence-corrected chi connectivity index (χ4v) is 4.87. The summed E-state index contributed by atoms with van der Waals surface area (Å²) in [5.41, 5.74) is 0.201. The van der Waals surface area contributed by atoms with Crippen molar-refractivity contribution in [2.75, 3.05) is 12.3 Å². The zero-order chi connectivity index (χ0) is 15.1. The topological polar surface area (TPSA) is 54.5 Å². The van der Waals surface area contributed by atoms with Crippen LogP contribution in [-0.4, -0.2) is 37.6 Å². The van der Waals surface area contributed by atoms with Gasteiger partial charge in [0.25, 0.3) is 0 Å². The first-order valence-corrected chi connectivity index (χ1v) is 8.83. The van der Waals surface area contributed by atoms with E-state index in [-0.39, 0.29) is 23.8 Å². The van der Waals surface area contributed by atoms with Crippen LogP contribution in [0, 0.1) is 17.3 Å². The monoisotopic (exact) mass is 305 g/mol. The first-order chi connectivity index (χ1) is 9.06. The second kappa shape index (κ2) is 5.28. The van der Waals surface area contributed by atoms with E-state index in [1.165, 1.54) is 0 Å². The average molecular weight is 305 g/mol. The van der Waals surface area contributed by atoms with E-state index in [1.807, 2.05) is 0 Å². The highest BCUT2D eigenvalue weighted by Crippen LogP contribution is 2.41. The highest BCUT2D eigenvalue weighted by molar-refractivity contribution is 7.86. The molecule has 0 bridgehead atoms. The van der Waals surface area contributed by atoms with Crippen LogP contribution in [0.15, 0.2) is 0 Å². The molecule has 2 aliphatic rings. The van der Waals surface area contributed by atoms with Gasteiger partial charge in [0, 0.05) is 24.9 Å². The molecule has 0 aromatic rings. The lowest BCUT2D eigenvalue weighted by Crippen LogP contribution is -2.44. The van der Waals surface area contributed by atoms with Crippen molar-refractivity contribution in [1.29, 1.82) is 0 Å².